The van der Waals surface area contributed by atoms with Gasteiger partial charge in [0.05, 0.1) is 0 Å². The van der Waals surface area contributed by atoms with Crippen LogP contribution in [0.5, 0.6) is 5.88 Å². The second kappa shape index (κ2) is 3.84. The van der Waals surface area contributed by atoms with Gasteiger partial charge < -0.3 is 4.74 Å². The molecule has 1 rings (SSSR count). The average Bonchev–Trinajstić information content (AvgIpc) is 2.00. The van der Waals surface area contributed by atoms with Crippen LogP contribution in [0.1, 0.15) is 47.1 Å². The van der Waals surface area contributed by atoms with E-state index in [1.807, 2.05) is 33.0 Å². The fourth-order valence-corrected chi connectivity index (χ4v) is 1.20. The van der Waals surface area contributed by atoms with Crippen molar-refractivity contribution in [3.05, 3.63) is 23.9 Å². The lowest BCUT2D eigenvalue weighted by atomic mass is 9.88. The molecule has 0 aromatic carbocycles. The molecule has 1 heterocycles. The van der Waals surface area contributed by atoms with Crippen molar-refractivity contribution in [1.29, 1.82) is 0 Å². The van der Waals surface area contributed by atoms with Crippen LogP contribution in [-0.2, 0) is 5.41 Å². The molecule has 1 aromatic heterocycles. The van der Waals surface area contributed by atoms with Gasteiger partial charge in [-0.3, -0.25) is 0 Å². The molecule has 0 aliphatic carbocycles. The Morgan fingerprint density at radius 2 is 1.60 bits per heavy atom. The van der Waals surface area contributed by atoms with Crippen LogP contribution in [0, 0.1) is 0 Å². The molecule has 0 fully saturated rings. The van der Waals surface area contributed by atoms with E-state index in [-0.39, 0.29) is 11.0 Å². The third-order valence-electron chi connectivity index (χ3n) is 2.01. The maximum Gasteiger partial charge on any atom is 0.213 e. The molecule has 0 radical (unpaired) electrons. The third-order valence-corrected chi connectivity index (χ3v) is 2.01. The lowest BCUT2D eigenvalue weighted by molar-refractivity contribution is 0.124. The normalized spacial score (nSPS) is 12.7. The first kappa shape index (κ1) is 12.0. The molecular weight excluding hydrogens is 186 g/mol. The minimum atomic E-state index is -0.184. The summed E-state index contributed by atoms with van der Waals surface area (Å²) in [5.41, 5.74) is 1.19. The summed E-state index contributed by atoms with van der Waals surface area (Å²) in [6, 6.07) is 4.01. The highest BCUT2D eigenvalue weighted by molar-refractivity contribution is 5.23. The van der Waals surface area contributed by atoms with E-state index in [1.165, 1.54) is 5.56 Å². The molecule has 0 saturated carbocycles. The Hall–Kier alpha value is -1.05. The summed E-state index contributed by atoms with van der Waals surface area (Å²) in [6.45, 7) is 12.6. The zero-order valence-electron chi connectivity index (χ0n) is 10.6. The van der Waals surface area contributed by atoms with Gasteiger partial charge in [-0.1, -0.05) is 26.8 Å². The zero-order valence-corrected chi connectivity index (χ0v) is 10.6. The van der Waals surface area contributed by atoms with E-state index in [1.54, 1.807) is 0 Å². The van der Waals surface area contributed by atoms with Gasteiger partial charge in [0, 0.05) is 12.3 Å². The van der Waals surface area contributed by atoms with Gasteiger partial charge in [0.2, 0.25) is 5.88 Å². The Kier molecular flexibility index (Phi) is 3.08. The van der Waals surface area contributed by atoms with Crippen LogP contribution in [0.15, 0.2) is 18.3 Å². The number of ether oxygens (including phenoxy) is 1. The molecule has 1 aromatic rings. The van der Waals surface area contributed by atoms with Gasteiger partial charge in [-0.05, 0) is 31.7 Å². The SMILES string of the molecule is CC(C)(C)Oc1ccc(C(C)(C)C)cn1. The molecule has 0 bridgehead atoms. The van der Waals surface area contributed by atoms with Crippen molar-refractivity contribution in [3.8, 4) is 5.88 Å². The van der Waals surface area contributed by atoms with Crippen molar-refractivity contribution in [2.24, 2.45) is 0 Å². The number of hydrogen-bond acceptors (Lipinski definition) is 2. The Balaban J connectivity index is 2.82. The summed E-state index contributed by atoms with van der Waals surface area (Å²) in [7, 11) is 0. The van der Waals surface area contributed by atoms with Crippen molar-refractivity contribution in [3.63, 3.8) is 0 Å². The van der Waals surface area contributed by atoms with Crippen molar-refractivity contribution < 1.29 is 4.74 Å². The Bertz CT molecular complexity index is 314. The Labute approximate surface area is 92.7 Å². The van der Waals surface area contributed by atoms with Crippen LogP contribution in [0.4, 0.5) is 0 Å². The van der Waals surface area contributed by atoms with Gasteiger partial charge in [0.15, 0.2) is 0 Å². The molecule has 0 unspecified atom stereocenters. The van der Waals surface area contributed by atoms with Gasteiger partial charge in [0.1, 0.15) is 5.60 Å². The number of rotatable bonds is 1. The highest BCUT2D eigenvalue weighted by Crippen LogP contribution is 2.23. The molecule has 0 amide bonds. The Morgan fingerprint density at radius 1 is 1.00 bits per heavy atom. The van der Waals surface area contributed by atoms with E-state index in [0.29, 0.717) is 5.88 Å². The highest BCUT2D eigenvalue weighted by atomic mass is 16.5. The molecule has 2 nitrogen and oxygen atoms in total. The maximum absolute atomic E-state index is 5.66. The summed E-state index contributed by atoms with van der Waals surface area (Å²) < 4.78 is 5.66. The summed E-state index contributed by atoms with van der Waals surface area (Å²) in [4.78, 5) is 4.31. The standard InChI is InChI=1S/C13H21NO/c1-12(2,3)10-7-8-11(14-9-10)15-13(4,5)6/h7-9H,1-6H3. The van der Waals surface area contributed by atoms with Crippen molar-refractivity contribution >= 4 is 0 Å². The first-order valence-electron chi connectivity index (χ1n) is 5.34. The van der Waals surface area contributed by atoms with Gasteiger partial charge >= 0.3 is 0 Å². The maximum atomic E-state index is 5.66. The number of pyridine rings is 1. The molecule has 0 spiro atoms. The van der Waals surface area contributed by atoms with E-state index < -0.39 is 0 Å². The van der Waals surface area contributed by atoms with Gasteiger partial charge in [-0.15, -0.1) is 0 Å². The lowest BCUT2D eigenvalue weighted by Gasteiger charge is -2.22. The number of nitrogens with zero attached hydrogens (tertiary/aromatic N) is 1. The number of hydrogen-bond donors (Lipinski definition) is 0. The molecule has 0 aliphatic rings. The van der Waals surface area contributed by atoms with E-state index in [0.717, 1.165) is 0 Å². The summed E-state index contributed by atoms with van der Waals surface area (Å²) in [5, 5.41) is 0. The molecular formula is C13H21NO. The van der Waals surface area contributed by atoms with E-state index >= 15 is 0 Å². The minimum Gasteiger partial charge on any atom is -0.472 e. The van der Waals surface area contributed by atoms with Gasteiger partial charge in [0.25, 0.3) is 0 Å². The summed E-state index contributed by atoms with van der Waals surface area (Å²) >= 11 is 0. The van der Waals surface area contributed by atoms with E-state index in [4.69, 9.17) is 4.74 Å². The quantitative estimate of drug-likeness (QED) is 0.702. The van der Waals surface area contributed by atoms with Crippen molar-refractivity contribution in [1.82, 2.24) is 4.98 Å². The second-order valence-electron chi connectivity index (χ2n) is 5.85. The first-order valence-corrected chi connectivity index (χ1v) is 5.34. The fourth-order valence-electron chi connectivity index (χ4n) is 1.20. The second-order valence-corrected chi connectivity index (χ2v) is 5.85. The monoisotopic (exact) mass is 207 g/mol. The molecule has 0 N–H and O–H groups in total. The first-order chi connectivity index (χ1) is 6.68. The fraction of sp³-hybridized carbons (Fsp3) is 0.615. The molecule has 2 heteroatoms. The van der Waals surface area contributed by atoms with Crippen LogP contribution in [0.25, 0.3) is 0 Å². The van der Waals surface area contributed by atoms with Crippen LogP contribution in [-0.4, -0.2) is 10.6 Å². The largest absolute Gasteiger partial charge is 0.472 e. The molecule has 15 heavy (non-hydrogen) atoms. The number of aromatic nitrogens is 1. The smallest absolute Gasteiger partial charge is 0.213 e. The van der Waals surface area contributed by atoms with Gasteiger partial charge in [-0.25, -0.2) is 4.98 Å². The van der Waals surface area contributed by atoms with Crippen molar-refractivity contribution in [2.75, 3.05) is 0 Å². The molecule has 0 aliphatic heterocycles. The van der Waals surface area contributed by atoms with E-state index in [9.17, 15) is 0 Å². The predicted octanol–water partition coefficient (Wildman–Crippen LogP) is 3.56. The van der Waals surface area contributed by atoms with Crippen LogP contribution >= 0.6 is 0 Å². The Morgan fingerprint density at radius 3 is 1.93 bits per heavy atom. The highest BCUT2D eigenvalue weighted by Gasteiger charge is 2.16. The zero-order chi connectivity index (χ0) is 11.7. The average molecular weight is 207 g/mol. The predicted molar refractivity (Wildman–Crippen MR) is 63.3 cm³/mol. The molecule has 0 atom stereocenters. The molecule has 0 saturated heterocycles. The summed E-state index contributed by atoms with van der Waals surface area (Å²) in [6.07, 6.45) is 1.89. The minimum absolute atomic E-state index is 0.146. The van der Waals surface area contributed by atoms with Crippen LogP contribution in [0.2, 0.25) is 0 Å². The third kappa shape index (κ3) is 3.90. The van der Waals surface area contributed by atoms with Crippen LogP contribution < -0.4 is 4.74 Å². The summed E-state index contributed by atoms with van der Waals surface area (Å²) in [5.74, 6) is 0.690. The molecule has 84 valence electrons. The topological polar surface area (TPSA) is 22.1 Å². The van der Waals surface area contributed by atoms with Crippen molar-refractivity contribution in [2.45, 2.75) is 52.6 Å². The lowest BCUT2D eigenvalue weighted by Crippen LogP contribution is -2.23. The van der Waals surface area contributed by atoms with Gasteiger partial charge in [-0.2, -0.15) is 0 Å². The van der Waals surface area contributed by atoms with Crippen LogP contribution in [0.3, 0.4) is 0 Å². The van der Waals surface area contributed by atoms with E-state index in [2.05, 4.69) is 31.8 Å².